The summed E-state index contributed by atoms with van der Waals surface area (Å²) in [4.78, 5) is 56.1. The van der Waals surface area contributed by atoms with E-state index >= 15 is 0 Å². The minimum atomic E-state index is -1.93. The van der Waals surface area contributed by atoms with Gasteiger partial charge in [0.1, 0.15) is 0 Å². The Morgan fingerprint density at radius 1 is 0.900 bits per heavy atom. The molecule has 3 fully saturated rings. The van der Waals surface area contributed by atoms with Crippen LogP contribution in [0.2, 0.25) is 0 Å². The van der Waals surface area contributed by atoms with Gasteiger partial charge in [-0.3, -0.25) is 29.0 Å². The normalized spacial score (nSPS) is 28.9. The molecule has 1 saturated carbocycles. The number of hydrogen-bond donors (Lipinski definition) is 1. The summed E-state index contributed by atoms with van der Waals surface area (Å²) >= 11 is 14.5. The lowest BCUT2D eigenvalue weighted by Crippen LogP contribution is -2.60. The summed E-state index contributed by atoms with van der Waals surface area (Å²) in [6.45, 7) is 2.04. The lowest BCUT2D eigenvalue weighted by molar-refractivity contribution is -0.138. The molecule has 6 atom stereocenters. The lowest BCUT2D eigenvalue weighted by atomic mass is 9.56. The van der Waals surface area contributed by atoms with Crippen LogP contribution in [0.1, 0.15) is 31.2 Å². The van der Waals surface area contributed by atoms with Crippen LogP contribution in [0, 0.1) is 17.8 Å². The molecule has 2 heterocycles. The molecule has 2 aliphatic heterocycles. The van der Waals surface area contributed by atoms with Gasteiger partial charge in [-0.2, -0.15) is 10.2 Å². The van der Waals surface area contributed by atoms with E-state index in [2.05, 4.69) is 10.2 Å². The summed E-state index contributed by atoms with van der Waals surface area (Å²) in [5.41, 5.74) is 3.78. The van der Waals surface area contributed by atoms with E-state index in [4.69, 9.17) is 27.9 Å². The SMILES string of the molecule is CCOc1cc(C2C3=CCC4C(=O)N(c5ccc(N=Nc6ccc(N(C)C)cc6)cc5)C(=O)C4C3CC3(Cl)C(=O)N(C)C(=O)C23Cl)ccc1O. The zero-order valence-corrected chi connectivity index (χ0v) is 29.4. The molecule has 0 bridgehead atoms. The van der Waals surface area contributed by atoms with Gasteiger partial charge in [-0.05, 0) is 91.9 Å². The van der Waals surface area contributed by atoms with Crippen molar-refractivity contribution in [2.24, 2.45) is 28.0 Å². The van der Waals surface area contributed by atoms with E-state index in [1.54, 1.807) is 43.3 Å². The minimum Gasteiger partial charge on any atom is -0.504 e. The van der Waals surface area contributed by atoms with Gasteiger partial charge in [0.25, 0.3) is 11.8 Å². The average molecular weight is 717 g/mol. The third kappa shape index (κ3) is 4.92. The summed E-state index contributed by atoms with van der Waals surface area (Å²) in [6.07, 6.45) is 1.97. The van der Waals surface area contributed by atoms with Crippen LogP contribution in [0.4, 0.5) is 22.7 Å². The fourth-order valence-electron chi connectivity index (χ4n) is 7.95. The molecule has 0 radical (unpaired) electrons. The number of carbonyl (C=O) groups excluding carboxylic acids is 4. The van der Waals surface area contributed by atoms with E-state index in [9.17, 15) is 24.3 Å². The number of aromatic hydroxyl groups is 1. The molecule has 11 nitrogen and oxygen atoms in total. The van der Waals surface area contributed by atoms with Crippen molar-refractivity contribution < 1.29 is 29.0 Å². The second-order valence-corrected chi connectivity index (χ2v) is 14.5. The number of rotatable bonds is 7. The molecule has 50 heavy (non-hydrogen) atoms. The van der Waals surface area contributed by atoms with Gasteiger partial charge in [-0.15, -0.1) is 23.2 Å². The highest BCUT2D eigenvalue weighted by molar-refractivity contribution is 6.53. The van der Waals surface area contributed by atoms with Gasteiger partial charge in [-0.25, -0.2) is 0 Å². The predicted molar refractivity (Wildman–Crippen MR) is 189 cm³/mol. The number of hydrogen-bond acceptors (Lipinski definition) is 9. The van der Waals surface area contributed by atoms with Crippen LogP contribution >= 0.6 is 23.2 Å². The van der Waals surface area contributed by atoms with E-state index in [0.717, 1.165) is 10.6 Å². The quantitative estimate of drug-likeness (QED) is 0.128. The van der Waals surface area contributed by atoms with Crippen LogP contribution in [0.15, 0.2) is 88.6 Å². The maximum absolute atomic E-state index is 14.3. The molecule has 13 heteroatoms. The third-order valence-electron chi connectivity index (χ3n) is 10.4. The smallest absolute Gasteiger partial charge is 0.253 e. The average Bonchev–Trinajstić information content (AvgIpc) is 3.43. The number of phenols is 1. The number of amides is 4. The van der Waals surface area contributed by atoms with Gasteiger partial charge in [0.05, 0.1) is 35.5 Å². The third-order valence-corrected chi connectivity index (χ3v) is 11.8. The molecule has 3 aromatic rings. The molecule has 0 spiro atoms. The van der Waals surface area contributed by atoms with E-state index in [-0.39, 0.29) is 36.9 Å². The van der Waals surface area contributed by atoms with Crippen molar-refractivity contribution in [3.8, 4) is 11.5 Å². The number of azo groups is 1. The Morgan fingerprint density at radius 2 is 1.54 bits per heavy atom. The predicted octanol–water partition coefficient (Wildman–Crippen LogP) is 6.47. The Kier molecular flexibility index (Phi) is 8.26. The largest absolute Gasteiger partial charge is 0.504 e. The van der Waals surface area contributed by atoms with Gasteiger partial charge in [0.15, 0.2) is 21.2 Å². The Balaban J connectivity index is 1.22. The second kappa shape index (κ2) is 12.2. The Labute approximate surface area is 299 Å². The molecule has 3 aromatic carbocycles. The zero-order chi connectivity index (χ0) is 35.7. The number of alkyl halides is 2. The van der Waals surface area contributed by atoms with Crippen molar-refractivity contribution in [1.29, 1.82) is 0 Å². The first kappa shape index (κ1) is 33.7. The topological polar surface area (TPSA) is 132 Å². The summed E-state index contributed by atoms with van der Waals surface area (Å²) in [7, 11) is 5.25. The maximum Gasteiger partial charge on any atom is 0.253 e. The number of allylic oxidation sites excluding steroid dienone is 2. The monoisotopic (exact) mass is 715 g/mol. The maximum atomic E-state index is 14.3. The van der Waals surface area contributed by atoms with Crippen molar-refractivity contribution in [3.05, 3.63) is 83.9 Å². The number of halogens is 2. The molecule has 258 valence electrons. The number of carbonyl (C=O) groups is 4. The second-order valence-electron chi connectivity index (χ2n) is 13.3. The van der Waals surface area contributed by atoms with Gasteiger partial charge in [0.2, 0.25) is 11.8 Å². The molecule has 4 amide bonds. The molecule has 4 aliphatic rings. The van der Waals surface area contributed by atoms with E-state index in [0.29, 0.717) is 28.2 Å². The highest BCUT2D eigenvalue weighted by Crippen LogP contribution is 2.65. The zero-order valence-electron chi connectivity index (χ0n) is 27.8. The first-order valence-corrected chi connectivity index (χ1v) is 17.1. The van der Waals surface area contributed by atoms with E-state index in [1.807, 2.05) is 49.3 Å². The number of ether oxygens (including phenoxy) is 1. The Morgan fingerprint density at radius 3 is 2.16 bits per heavy atom. The Bertz CT molecular complexity index is 1980. The molecular formula is C37H35Cl2N5O6. The van der Waals surface area contributed by atoms with Crippen LogP contribution in [-0.4, -0.2) is 71.1 Å². The first-order chi connectivity index (χ1) is 23.8. The molecule has 6 unspecified atom stereocenters. The van der Waals surface area contributed by atoms with Crippen molar-refractivity contribution in [2.75, 3.05) is 37.5 Å². The molecular weight excluding hydrogens is 681 g/mol. The molecule has 7 rings (SSSR count). The molecule has 2 saturated heterocycles. The standard InChI is InChI=1S/C37H35Cl2N5O6/c1-5-50-29-18-20(6-17-28(29)45)31-25-15-16-26-30(27(25)19-36(38)34(48)43(4)35(49)37(31,36)39)33(47)44(32(26)46)24-13-9-22(10-14-24)41-40-21-7-11-23(12-8-21)42(2)3/h6-15,17-18,26-27,30-31,45H,5,16,19H2,1-4H3. The fourth-order valence-corrected chi connectivity index (χ4v) is 8.97. The van der Waals surface area contributed by atoms with E-state index < -0.39 is 51.1 Å². The summed E-state index contributed by atoms with van der Waals surface area (Å²) in [6, 6.07) is 18.9. The van der Waals surface area contributed by atoms with Crippen LogP contribution in [0.25, 0.3) is 0 Å². The molecule has 0 aromatic heterocycles. The van der Waals surface area contributed by atoms with Crippen molar-refractivity contribution in [3.63, 3.8) is 0 Å². The molecule has 1 N–H and O–H groups in total. The summed E-state index contributed by atoms with van der Waals surface area (Å²) < 4.78 is 5.64. The van der Waals surface area contributed by atoms with Crippen LogP contribution < -0.4 is 14.5 Å². The van der Waals surface area contributed by atoms with Crippen molar-refractivity contribution >= 4 is 69.6 Å². The number of fused-ring (bicyclic) bond motifs is 4. The van der Waals surface area contributed by atoms with Gasteiger partial charge < -0.3 is 14.7 Å². The minimum absolute atomic E-state index is 0.106. The van der Waals surface area contributed by atoms with Crippen molar-refractivity contribution in [1.82, 2.24) is 4.90 Å². The van der Waals surface area contributed by atoms with Gasteiger partial charge in [-0.1, -0.05) is 17.7 Å². The first-order valence-electron chi connectivity index (χ1n) is 16.3. The van der Waals surface area contributed by atoms with E-state index in [1.165, 1.54) is 18.0 Å². The van der Waals surface area contributed by atoms with Crippen LogP contribution in [0.5, 0.6) is 11.5 Å². The number of imide groups is 2. The fraction of sp³-hybridized carbons (Fsp3) is 0.351. The lowest BCUT2D eigenvalue weighted by Gasteiger charge is -2.50. The van der Waals surface area contributed by atoms with Crippen LogP contribution in [0.3, 0.4) is 0 Å². The summed E-state index contributed by atoms with van der Waals surface area (Å²) in [5, 5.41) is 19.1. The van der Waals surface area contributed by atoms with Crippen molar-refractivity contribution in [2.45, 2.75) is 35.4 Å². The highest BCUT2D eigenvalue weighted by Gasteiger charge is 2.75. The number of nitrogens with zero attached hydrogens (tertiary/aromatic N) is 5. The molecule has 2 aliphatic carbocycles. The van der Waals surface area contributed by atoms with Gasteiger partial charge >= 0.3 is 0 Å². The van der Waals surface area contributed by atoms with Crippen LogP contribution in [-0.2, 0) is 19.2 Å². The number of phenolic OH excluding ortho intramolecular Hbond substituents is 1. The number of anilines is 2. The Hall–Kier alpha value is -4.74. The highest BCUT2D eigenvalue weighted by atomic mass is 35.5. The van der Waals surface area contributed by atoms with Gasteiger partial charge in [0, 0.05) is 32.7 Å². The number of likely N-dealkylation sites (tertiary alicyclic amines) is 1. The number of benzene rings is 3. The summed E-state index contributed by atoms with van der Waals surface area (Å²) in [5.74, 6) is -5.21.